The van der Waals surface area contributed by atoms with E-state index in [4.69, 9.17) is 11.6 Å². The van der Waals surface area contributed by atoms with E-state index in [-0.39, 0.29) is 12.3 Å². The number of halogens is 1. The van der Waals surface area contributed by atoms with Gasteiger partial charge in [0, 0.05) is 10.6 Å². The molecule has 0 aromatic heterocycles. The number of nitrogens with one attached hydrogen (secondary N) is 1. The summed E-state index contributed by atoms with van der Waals surface area (Å²) >= 11 is 5.87. The van der Waals surface area contributed by atoms with E-state index in [0.29, 0.717) is 5.02 Å². The molecule has 0 saturated carbocycles. The van der Waals surface area contributed by atoms with E-state index in [2.05, 4.69) is 40.9 Å². The Morgan fingerprint density at radius 2 is 1.48 bits per heavy atom. The number of hydrogen-bond acceptors (Lipinski definition) is 2. The van der Waals surface area contributed by atoms with Gasteiger partial charge in [0.25, 0.3) is 0 Å². The Morgan fingerprint density at radius 3 is 2.11 bits per heavy atom. The lowest BCUT2D eigenvalue weighted by Crippen LogP contribution is -2.19. The number of hydrazone groups is 1. The third-order valence-corrected chi connectivity index (χ3v) is 4.73. The molecule has 0 radical (unpaired) electrons. The molecule has 0 unspecified atom stereocenters. The topological polar surface area (TPSA) is 41.5 Å². The number of carbonyl (C=O) groups excluding carboxylic acids is 1. The zero-order chi connectivity index (χ0) is 18.6. The van der Waals surface area contributed by atoms with Crippen LogP contribution in [0.5, 0.6) is 0 Å². The van der Waals surface area contributed by atoms with Crippen molar-refractivity contribution < 1.29 is 4.79 Å². The normalized spacial score (nSPS) is 11.3. The van der Waals surface area contributed by atoms with Gasteiger partial charge < -0.3 is 0 Å². The van der Waals surface area contributed by atoms with Crippen LogP contribution >= 0.6 is 11.6 Å². The van der Waals surface area contributed by atoms with Gasteiger partial charge in [0.1, 0.15) is 0 Å². The fourth-order valence-electron chi connectivity index (χ4n) is 3.18. The first-order valence-corrected chi connectivity index (χ1v) is 9.05. The molecule has 0 fully saturated rings. The van der Waals surface area contributed by atoms with Crippen LogP contribution in [0.2, 0.25) is 5.02 Å². The number of benzene rings is 4. The van der Waals surface area contributed by atoms with Gasteiger partial charge in [-0.05, 0) is 45.3 Å². The Hall–Kier alpha value is -3.17. The zero-order valence-corrected chi connectivity index (χ0v) is 15.3. The van der Waals surface area contributed by atoms with Crippen LogP contribution in [0.15, 0.2) is 84.0 Å². The van der Waals surface area contributed by atoms with Gasteiger partial charge in [0.15, 0.2) is 0 Å². The number of nitrogens with zero attached hydrogens (tertiary/aromatic N) is 1. The minimum absolute atomic E-state index is 0.168. The molecule has 0 heterocycles. The predicted octanol–water partition coefficient (Wildman–Crippen LogP) is 5.34. The molecule has 0 atom stereocenters. The second-order valence-electron chi connectivity index (χ2n) is 6.33. The van der Waals surface area contributed by atoms with Crippen molar-refractivity contribution >= 4 is 45.3 Å². The first-order valence-electron chi connectivity index (χ1n) is 8.67. The molecule has 0 bridgehead atoms. The summed E-state index contributed by atoms with van der Waals surface area (Å²) in [4.78, 5) is 12.2. The van der Waals surface area contributed by atoms with Gasteiger partial charge in [-0.1, -0.05) is 72.3 Å². The summed E-state index contributed by atoms with van der Waals surface area (Å²) in [5, 5.41) is 9.35. The maximum absolute atomic E-state index is 12.2. The molecule has 0 aliphatic rings. The molecule has 0 spiro atoms. The molecule has 132 valence electrons. The molecule has 0 saturated heterocycles. The highest BCUT2D eigenvalue weighted by molar-refractivity contribution is 6.30. The Labute approximate surface area is 162 Å². The Morgan fingerprint density at radius 1 is 0.889 bits per heavy atom. The minimum atomic E-state index is -0.168. The summed E-state index contributed by atoms with van der Waals surface area (Å²) in [5.74, 6) is -0.168. The van der Waals surface area contributed by atoms with E-state index in [1.165, 1.54) is 0 Å². The molecule has 4 rings (SSSR count). The van der Waals surface area contributed by atoms with Crippen LogP contribution in [0.1, 0.15) is 11.1 Å². The van der Waals surface area contributed by atoms with Crippen LogP contribution < -0.4 is 5.43 Å². The molecule has 0 aliphatic carbocycles. The summed E-state index contributed by atoms with van der Waals surface area (Å²) in [5.41, 5.74) is 4.51. The monoisotopic (exact) mass is 372 g/mol. The van der Waals surface area contributed by atoms with Crippen molar-refractivity contribution in [3.63, 3.8) is 0 Å². The number of fused-ring (bicyclic) bond motifs is 2. The van der Waals surface area contributed by atoms with Crippen LogP contribution in [-0.4, -0.2) is 12.1 Å². The fourth-order valence-corrected chi connectivity index (χ4v) is 3.31. The lowest BCUT2D eigenvalue weighted by molar-refractivity contribution is -0.120. The SMILES string of the molecule is O=C(Cc1ccc(Cl)cc1)N/N=C/c1c2ccccc2cc2ccccc12. The summed E-state index contributed by atoms with van der Waals surface area (Å²) in [6.07, 6.45) is 1.98. The van der Waals surface area contributed by atoms with Crippen LogP contribution in [0.4, 0.5) is 0 Å². The molecule has 1 amide bonds. The predicted molar refractivity (Wildman–Crippen MR) is 112 cm³/mol. The van der Waals surface area contributed by atoms with Gasteiger partial charge in [0.05, 0.1) is 12.6 Å². The maximum Gasteiger partial charge on any atom is 0.244 e. The fraction of sp³-hybridized carbons (Fsp3) is 0.0435. The summed E-state index contributed by atoms with van der Waals surface area (Å²) in [7, 11) is 0. The first-order chi connectivity index (χ1) is 13.2. The highest BCUT2D eigenvalue weighted by Crippen LogP contribution is 2.27. The Balaban J connectivity index is 1.60. The van der Waals surface area contributed by atoms with Crippen molar-refractivity contribution in [2.75, 3.05) is 0 Å². The molecule has 27 heavy (non-hydrogen) atoms. The van der Waals surface area contributed by atoms with Crippen molar-refractivity contribution in [2.24, 2.45) is 5.10 Å². The molecule has 4 aromatic carbocycles. The molecule has 3 nitrogen and oxygen atoms in total. The second kappa shape index (κ2) is 7.60. The number of rotatable bonds is 4. The number of carbonyl (C=O) groups is 1. The molecular formula is C23H17ClN2O. The van der Waals surface area contributed by atoms with Gasteiger partial charge in [0.2, 0.25) is 5.91 Å². The first kappa shape index (κ1) is 17.3. The molecule has 4 heteroatoms. The standard InChI is InChI=1S/C23H17ClN2O/c24-19-11-9-16(10-12-19)13-23(27)26-25-15-22-20-7-3-1-5-17(20)14-18-6-2-4-8-21(18)22/h1-12,14-15H,13H2,(H,26,27)/b25-15+. The Kier molecular flexibility index (Phi) is 4.86. The lowest BCUT2D eigenvalue weighted by atomic mass is 9.97. The second-order valence-corrected chi connectivity index (χ2v) is 6.77. The van der Waals surface area contributed by atoms with E-state index < -0.39 is 0 Å². The van der Waals surface area contributed by atoms with Crippen LogP contribution in [0, 0.1) is 0 Å². The summed E-state index contributed by atoms with van der Waals surface area (Å²) in [6, 6.07) is 25.7. The van der Waals surface area contributed by atoms with E-state index >= 15 is 0 Å². The van der Waals surface area contributed by atoms with E-state index in [1.54, 1.807) is 18.3 Å². The molecular weight excluding hydrogens is 356 g/mol. The van der Waals surface area contributed by atoms with Gasteiger partial charge in [-0.3, -0.25) is 4.79 Å². The van der Waals surface area contributed by atoms with Crippen molar-refractivity contribution in [2.45, 2.75) is 6.42 Å². The third-order valence-electron chi connectivity index (χ3n) is 4.47. The molecule has 0 aliphatic heterocycles. The number of amides is 1. The Bertz CT molecular complexity index is 1100. The summed E-state index contributed by atoms with van der Waals surface area (Å²) < 4.78 is 0. The smallest absolute Gasteiger partial charge is 0.244 e. The summed E-state index contributed by atoms with van der Waals surface area (Å²) in [6.45, 7) is 0. The van der Waals surface area contributed by atoms with Crippen LogP contribution in [0.3, 0.4) is 0 Å². The van der Waals surface area contributed by atoms with Gasteiger partial charge in [-0.2, -0.15) is 5.10 Å². The van der Waals surface area contributed by atoms with Gasteiger partial charge >= 0.3 is 0 Å². The molecule has 4 aromatic rings. The van der Waals surface area contributed by atoms with Gasteiger partial charge in [-0.25, -0.2) is 5.43 Å². The largest absolute Gasteiger partial charge is 0.273 e. The van der Waals surface area contributed by atoms with E-state index in [1.807, 2.05) is 36.4 Å². The average molecular weight is 373 g/mol. The van der Waals surface area contributed by atoms with Crippen molar-refractivity contribution in [3.8, 4) is 0 Å². The minimum Gasteiger partial charge on any atom is -0.273 e. The van der Waals surface area contributed by atoms with Crippen molar-refractivity contribution in [1.29, 1.82) is 0 Å². The quantitative estimate of drug-likeness (QED) is 0.293. The zero-order valence-electron chi connectivity index (χ0n) is 14.5. The third kappa shape index (κ3) is 3.83. The van der Waals surface area contributed by atoms with E-state index in [0.717, 1.165) is 32.7 Å². The maximum atomic E-state index is 12.2. The highest BCUT2D eigenvalue weighted by atomic mass is 35.5. The van der Waals surface area contributed by atoms with Gasteiger partial charge in [-0.15, -0.1) is 0 Å². The van der Waals surface area contributed by atoms with Crippen LogP contribution in [-0.2, 0) is 11.2 Å². The molecule has 1 N–H and O–H groups in total. The van der Waals surface area contributed by atoms with Crippen molar-refractivity contribution in [3.05, 3.63) is 95.0 Å². The number of hydrogen-bond donors (Lipinski definition) is 1. The van der Waals surface area contributed by atoms with Crippen LogP contribution in [0.25, 0.3) is 21.5 Å². The average Bonchev–Trinajstić information content (AvgIpc) is 2.69. The highest BCUT2D eigenvalue weighted by Gasteiger charge is 2.06. The lowest BCUT2D eigenvalue weighted by Gasteiger charge is -2.08. The van der Waals surface area contributed by atoms with Crippen molar-refractivity contribution in [1.82, 2.24) is 5.43 Å². The van der Waals surface area contributed by atoms with E-state index in [9.17, 15) is 4.79 Å².